The highest BCUT2D eigenvalue weighted by Gasteiger charge is 2.20. The Morgan fingerprint density at radius 2 is 1.96 bits per heavy atom. The molecule has 23 heavy (non-hydrogen) atoms. The molecule has 2 rings (SSSR count). The van der Waals surface area contributed by atoms with Crippen molar-refractivity contribution in [1.82, 2.24) is 10.6 Å². The van der Waals surface area contributed by atoms with Gasteiger partial charge in [-0.15, -0.1) is 11.3 Å². The zero-order chi connectivity index (χ0) is 17.0. The highest BCUT2D eigenvalue weighted by Crippen LogP contribution is 2.29. The van der Waals surface area contributed by atoms with E-state index in [1.807, 2.05) is 49.7 Å². The second-order valence-corrected chi connectivity index (χ2v) is 8.13. The molecule has 0 aromatic carbocycles. The second-order valence-electron chi connectivity index (χ2n) is 6.15. The van der Waals surface area contributed by atoms with Crippen molar-refractivity contribution >= 4 is 34.5 Å². The quantitative estimate of drug-likeness (QED) is 0.740. The van der Waals surface area contributed by atoms with Crippen LogP contribution in [-0.2, 0) is 16.1 Å². The van der Waals surface area contributed by atoms with Crippen molar-refractivity contribution in [2.75, 3.05) is 0 Å². The number of rotatable bonds is 4. The van der Waals surface area contributed by atoms with Crippen molar-refractivity contribution in [3.05, 3.63) is 44.3 Å². The minimum atomic E-state index is -0.659. The largest absolute Gasteiger partial charge is 0.383 e. The van der Waals surface area contributed by atoms with E-state index in [1.165, 1.54) is 22.7 Å². The number of carbonyl (C=O) groups is 2. The van der Waals surface area contributed by atoms with Crippen LogP contribution in [0.4, 0.5) is 0 Å². The fourth-order valence-electron chi connectivity index (χ4n) is 1.88. The van der Waals surface area contributed by atoms with E-state index >= 15 is 0 Å². The van der Waals surface area contributed by atoms with Crippen LogP contribution in [0.3, 0.4) is 0 Å². The molecule has 0 bridgehead atoms. The smallest absolute Gasteiger partial charge is 0.309 e. The standard InChI is InChI=1S/C16H20N2O3S2/c1-16(2,3)18-15(21)14(20)17-8-11-4-5-12(23-11)13(19)10-6-7-22-9-10/h4-7,9,13,19H,8H2,1-3H3,(H,17,20)(H,18,21). The van der Waals surface area contributed by atoms with Gasteiger partial charge in [-0.1, -0.05) is 0 Å². The zero-order valence-electron chi connectivity index (χ0n) is 13.3. The molecule has 0 aliphatic rings. The summed E-state index contributed by atoms with van der Waals surface area (Å²) in [7, 11) is 0. The van der Waals surface area contributed by atoms with Gasteiger partial charge in [-0.3, -0.25) is 9.59 Å². The van der Waals surface area contributed by atoms with Crippen molar-refractivity contribution in [1.29, 1.82) is 0 Å². The van der Waals surface area contributed by atoms with Crippen LogP contribution < -0.4 is 10.6 Å². The monoisotopic (exact) mass is 352 g/mol. The fraction of sp³-hybridized carbons (Fsp3) is 0.375. The summed E-state index contributed by atoms with van der Waals surface area (Å²) in [4.78, 5) is 25.1. The highest BCUT2D eigenvalue weighted by atomic mass is 32.1. The Bertz CT molecular complexity index is 672. The molecule has 124 valence electrons. The Kier molecular flexibility index (Phi) is 5.56. The second kappa shape index (κ2) is 7.25. The summed E-state index contributed by atoms with van der Waals surface area (Å²) >= 11 is 2.95. The van der Waals surface area contributed by atoms with Crippen molar-refractivity contribution in [3.63, 3.8) is 0 Å². The van der Waals surface area contributed by atoms with Crippen molar-refractivity contribution in [2.45, 2.75) is 39.0 Å². The Hall–Kier alpha value is -1.70. The van der Waals surface area contributed by atoms with Gasteiger partial charge in [-0.25, -0.2) is 0 Å². The summed E-state index contributed by atoms with van der Waals surface area (Å²) in [5.41, 5.74) is 0.409. The zero-order valence-corrected chi connectivity index (χ0v) is 14.9. The van der Waals surface area contributed by atoms with Crippen molar-refractivity contribution in [2.24, 2.45) is 0 Å². The van der Waals surface area contributed by atoms with E-state index in [0.29, 0.717) is 0 Å². The summed E-state index contributed by atoms with van der Waals surface area (Å²) in [5, 5.41) is 19.3. The van der Waals surface area contributed by atoms with Gasteiger partial charge in [0.2, 0.25) is 0 Å². The Labute approximate surface area is 143 Å². The van der Waals surface area contributed by atoms with E-state index in [9.17, 15) is 14.7 Å². The average Bonchev–Trinajstić information content (AvgIpc) is 3.13. The van der Waals surface area contributed by atoms with Gasteiger partial charge in [0.05, 0.1) is 6.54 Å². The highest BCUT2D eigenvalue weighted by molar-refractivity contribution is 7.12. The Morgan fingerprint density at radius 3 is 2.57 bits per heavy atom. The van der Waals surface area contributed by atoms with Crippen LogP contribution in [0.15, 0.2) is 29.0 Å². The molecule has 3 N–H and O–H groups in total. The molecule has 1 atom stereocenters. The molecule has 0 aliphatic heterocycles. The molecule has 2 amide bonds. The van der Waals surface area contributed by atoms with Crippen molar-refractivity contribution in [3.8, 4) is 0 Å². The Morgan fingerprint density at radius 1 is 1.22 bits per heavy atom. The number of aliphatic hydroxyl groups is 1. The average molecular weight is 352 g/mol. The number of nitrogens with one attached hydrogen (secondary N) is 2. The molecule has 0 spiro atoms. The minimum Gasteiger partial charge on any atom is -0.383 e. The molecule has 0 saturated carbocycles. The summed E-state index contributed by atoms with van der Waals surface area (Å²) < 4.78 is 0. The first kappa shape index (κ1) is 17.7. The third kappa shape index (κ3) is 5.16. The molecule has 7 heteroatoms. The third-order valence-electron chi connectivity index (χ3n) is 2.93. The van der Waals surface area contributed by atoms with Crippen LogP contribution in [0.1, 0.15) is 42.2 Å². The van der Waals surface area contributed by atoms with Crippen LogP contribution >= 0.6 is 22.7 Å². The van der Waals surface area contributed by atoms with Gasteiger partial charge in [0.25, 0.3) is 0 Å². The predicted molar refractivity (Wildman–Crippen MR) is 92.4 cm³/mol. The summed E-state index contributed by atoms with van der Waals surface area (Å²) in [6.45, 7) is 5.71. The lowest BCUT2D eigenvalue weighted by Gasteiger charge is -2.19. The molecular formula is C16H20N2O3S2. The predicted octanol–water partition coefficient (Wildman–Crippen LogP) is 2.42. The maximum Gasteiger partial charge on any atom is 0.309 e. The molecular weight excluding hydrogens is 332 g/mol. The first-order chi connectivity index (χ1) is 10.8. The Balaban J connectivity index is 1.90. The number of carbonyl (C=O) groups excluding carboxylic acids is 2. The van der Waals surface area contributed by atoms with E-state index in [-0.39, 0.29) is 6.54 Å². The molecule has 0 radical (unpaired) electrons. The molecule has 0 aliphatic carbocycles. The summed E-state index contributed by atoms with van der Waals surface area (Å²) in [5.74, 6) is -1.30. The number of thiophene rings is 2. The first-order valence-electron chi connectivity index (χ1n) is 7.15. The topological polar surface area (TPSA) is 78.4 Å². The summed E-state index contributed by atoms with van der Waals surface area (Å²) in [6, 6.07) is 5.56. The number of hydrogen-bond acceptors (Lipinski definition) is 5. The van der Waals surface area contributed by atoms with Gasteiger partial charge < -0.3 is 15.7 Å². The van der Waals surface area contributed by atoms with E-state index in [4.69, 9.17) is 0 Å². The minimum absolute atomic E-state index is 0.261. The molecule has 2 heterocycles. The molecule has 1 unspecified atom stereocenters. The van der Waals surface area contributed by atoms with Crippen LogP contribution in [0, 0.1) is 0 Å². The van der Waals surface area contributed by atoms with Gasteiger partial charge in [0.1, 0.15) is 6.10 Å². The lowest BCUT2D eigenvalue weighted by Crippen LogP contribution is -2.47. The lowest BCUT2D eigenvalue weighted by molar-refractivity contribution is -0.140. The van der Waals surface area contributed by atoms with Crippen LogP contribution in [-0.4, -0.2) is 22.5 Å². The maximum absolute atomic E-state index is 11.8. The van der Waals surface area contributed by atoms with E-state index in [0.717, 1.165) is 15.3 Å². The third-order valence-corrected chi connectivity index (χ3v) is 4.77. The lowest BCUT2D eigenvalue weighted by atomic mass is 10.1. The number of amides is 2. The van der Waals surface area contributed by atoms with Gasteiger partial charge in [-0.2, -0.15) is 11.3 Å². The van der Waals surface area contributed by atoms with E-state index in [1.54, 1.807) is 0 Å². The molecule has 2 aromatic heterocycles. The first-order valence-corrected chi connectivity index (χ1v) is 8.91. The molecule has 0 saturated heterocycles. The van der Waals surface area contributed by atoms with Crippen LogP contribution in [0.2, 0.25) is 0 Å². The van der Waals surface area contributed by atoms with Gasteiger partial charge in [0.15, 0.2) is 0 Å². The maximum atomic E-state index is 11.8. The molecule has 5 nitrogen and oxygen atoms in total. The number of aliphatic hydroxyl groups excluding tert-OH is 1. The summed E-state index contributed by atoms with van der Waals surface area (Å²) in [6.07, 6.45) is -0.653. The van der Waals surface area contributed by atoms with E-state index < -0.39 is 23.5 Å². The van der Waals surface area contributed by atoms with Crippen LogP contribution in [0.25, 0.3) is 0 Å². The fourth-order valence-corrected chi connectivity index (χ4v) is 3.52. The van der Waals surface area contributed by atoms with Crippen LogP contribution in [0.5, 0.6) is 0 Å². The van der Waals surface area contributed by atoms with Gasteiger partial charge in [-0.05, 0) is 55.3 Å². The normalized spacial score (nSPS) is 12.7. The SMILES string of the molecule is CC(C)(C)NC(=O)C(=O)NCc1ccc(C(O)c2ccsc2)s1. The van der Waals surface area contributed by atoms with E-state index in [2.05, 4.69) is 10.6 Å². The van der Waals surface area contributed by atoms with Crippen molar-refractivity contribution < 1.29 is 14.7 Å². The molecule has 2 aromatic rings. The number of hydrogen-bond donors (Lipinski definition) is 3. The van der Waals surface area contributed by atoms with Gasteiger partial charge >= 0.3 is 11.8 Å². The molecule has 0 fully saturated rings. The van der Waals surface area contributed by atoms with Gasteiger partial charge in [0, 0.05) is 15.3 Å².